The number of aliphatic hydroxyl groups is 1. The maximum Gasteiger partial charge on any atom is 0.305 e. The number of carbonyl (C=O) groups is 2. The fraction of sp³-hybridized carbons (Fsp3) is 0.667. The number of rotatable bonds is 15. The Morgan fingerprint density at radius 1 is 1.18 bits per heavy atom. The van der Waals surface area contributed by atoms with Crippen molar-refractivity contribution in [3.63, 3.8) is 0 Å². The van der Waals surface area contributed by atoms with Crippen LogP contribution in [0.25, 0.3) is 0 Å². The molecule has 1 heterocycles. The highest BCUT2D eigenvalue weighted by Gasteiger charge is 2.24. The lowest BCUT2D eigenvalue weighted by Crippen LogP contribution is -2.46. The van der Waals surface area contributed by atoms with Gasteiger partial charge in [0.15, 0.2) is 18.9 Å². The van der Waals surface area contributed by atoms with Gasteiger partial charge < -0.3 is 20.3 Å². The van der Waals surface area contributed by atoms with Crippen LogP contribution in [0.5, 0.6) is 0 Å². The first-order chi connectivity index (χ1) is 13.5. The second kappa shape index (κ2) is 14.1. The number of hydrogen-bond acceptors (Lipinski definition) is 5. The summed E-state index contributed by atoms with van der Waals surface area (Å²) in [5.41, 5.74) is 5.62. The molecule has 7 nitrogen and oxygen atoms in total. The van der Waals surface area contributed by atoms with Crippen LogP contribution in [-0.2, 0) is 20.8 Å². The summed E-state index contributed by atoms with van der Waals surface area (Å²) in [4.78, 5) is 23.1. The summed E-state index contributed by atoms with van der Waals surface area (Å²) in [6.45, 7) is 2.37. The van der Waals surface area contributed by atoms with E-state index in [0.717, 1.165) is 19.3 Å². The zero-order valence-electron chi connectivity index (χ0n) is 17.1. The van der Waals surface area contributed by atoms with Gasteiger partial charge in [0.2, 0.25) is 0 Å². The second-order valence-corrected chi connectivity index (χ2v) is 7.05. The molecule has 1 rings (SSSR count). The molecule has 0 aliphatic heterocycles. The van der Waals surface area contributed by atoms with Gasteiger partial charge in [0.25, 0.3) is 5.91 Å². The van der Waals surface area contributed by atoms with E-state index in [4.69, 9.17) is 15.2 Å². The van der Waals surface area contributed by atoms with Crippen molar-refractivity contribution in [3.8, 4) is 0 Å². The van der Waals surface area contributed by atoms with Crippen molar-refractivity contribution in [2.24, 2.45) is 5.73 Å². The summed E-state index contributed by atoms with van der Waals surface area (Å²) in [7, 11) is 1.46. The number of nitrogens with two attached hydrogens (primary N) is 1. The van der Waals surface area contributed by atoms with Crippen LogP contribution in [0.3, 0.4) is 0 Å². The van der Waals surface area contributed by atoms with E-state index in [1.54, 1.807) is 29.1 Å². The Morgan fingerprint density at radius 2 is 1.86 bits per heavy atom. The first-order valence-electron chi connectivity index (χ1n) is 10.1. The zero-order chi connectivity index (χ0) is 20.8. The van der Waals surface area contributed by atoms with Crippen molar-refractivity contribution in [1.29, 1.82) is 0 Å². The van der Waals surface area contributed by atoms with Gasteiger partial charge in [-0.05, 0) is 12.5 Å². The minimum Gasteiger partial charge on any atom is -0.463 e. The lowest BCUT2D eigenvalue weighted by atomic mass is 10.1. The summed E-state index contributed by atoms with van der Waals surface area (Å²) in [5, 5.41) is 10.4. The molecule has 0 saturated heterocycles. The van der Waals surface area contributed by atoms with Crippen LogP contribution in [0.15, 0.2) is 24.5 Å². The summed E-state index contributed by atoms with van der Waals surface area (Å²) < 4.78 is 12.2. The van der Waals surface area contributed by atoms with Gasteiger partial charge in [-0.1, -0.05) is 45.4 Å². The Bertz CT molecular complexity index is 594. The number of aliphatic hydroxyl groups excluding tert-OH is 1. The molecule has 158 valence electrons. The van der Waals surface area contributed by atoms with E-state index in [2.05, 4.69) is 6.92 Å². The van der Waals surface area contributed by atoms with E-state index in [1.807, 2.05) is 0 Å². The van der Waals surface area contributed by atoms with Crippen molar-refractivity contribution in [2.45, 2.75) is 77.0 Å². The number of primary amides is 1. The van der Waals surface area contributed by atoms with Crippen molar-refractivity contribution in [2.75, 3.05) is 13.7 Å². The van der Waals surface area contributed by atoms with Gasteiger partial charge in [-0.25, -0.2) is 4.57 Å². The topological polar surface area (TPSA) is 103 Å². The highest BCUT2D eigenvalue weighted by molar-refractivity contribution is 5.92. The van der Waals surface area contributed by atoms with E-state index in [0.29, 0.717) is 12.0 Å². The number of amides is 1. The first kappa shape index (κ1) is 24.0. The van der Waals surface area contributed by atoms with Gasteiger partial charge in [0, 0.05) is 19.6 Å². The fourth-order valence-electron chi connectivity index (χ4n) is 2.92. The second-order valence-electron chi connectivity index (χ2n) is 7.05. The number of pyridine rings is 1. The molecule has 0 bridgehead atoms. The average molecular weight is 396 g/mol. The van der Waals surface area contributed by atoms with Gasteiger partial charge >= 0.3 is 5.97 Å². The third kappa shape index (κ3) is 9.80. The van der Waals surface area contributed by atoms with Gasteiger partial charge in [-0.3, -0.25) is 9.59 Å². The first-order valence-corrected chi connectivity index (χ1v) is 10.1. The minimum absolute atomic E-state index is 0.0108. The number of unbranched alkanes of at least 4 members (excludes halogenated alkanes) is 6. The predicted octanol–water partition coefficient (Wildman–Crippen LogP) is 2.13. The fourth-order valence-corrected chi connectivity index (χ4v) is 2.92. The zero-order valence-corrected chi connectivity index (χ0v) is 17.1. The predicted molar refractivity (Wildman–Crippen MR) is 106 cm³/mol. The van der Waals surface area contributed by atoms with Gasteiger partial charge in [0.1, 0.15) is 24.4 Å². The Labute approximate surface area is 167 Å². The SMILES string of the molecule is CCCCCCCCCC(=O)OC[C@@H](OC)[C@@H](O)C[n+]1cccc(C(N)=O)c1. The monoisotopic (exact) mass is 395 g/mol. The quantitative estimate of drug-likeness (QED) is 0.269. The number of hydrogen-bond donors (Lipinski definition) is 2. The standard InChI is InChI=1S/C21H34N2O5/c1-3-4-5-6-7-8-9-12-20(25)28-16-19(27-2)18(24)15-23-13-10-11-17(14-23)21(22)26/h10-11,13-14,18-19,24H,3-9,12,15-16H2,1-2H3,(H-,22,26)/p+1/t18-,19+/m0/s1. The van der Waals surface area contributed by atoms with Crippen molar-refractivity contribution in [1.82, 2.24) is 0 Å². The molecule has 0 unspecified atom stereocenters. The normalized spacial score (nSPS) is 13.1. The Hall–Kier alpha value is -1.99. The maximum atomic E-state index is 11.9. The smallest absolute Gasteiger partial charge is 0.305 e. The van der Waals surface area contributed by atoms with E-state index in [9.17, 15) is 14.7 Å². The maximum absolute atomic E-state index is 11.9. The van der Waals surface area contributed by atoms with Crippen LogP contribution < -0.4 is 10.3 Å². The third-order valence-corrected chi connectivity index (χ3v) is 4.67. The molecule has 0 aliphatic rings. The third-order valence-electron chi connectivity index (χ3n) is 4.67. The number of ether oxygens (including phenoxy) is 2. The summed E-state index contributed by atoms with van der Waals surface area (Å²) in [5.74, 6) is -0.808. The summed E-state index contributed by atoms with van der Waals surface area (Å²) >= 11 is 0. The highest BCUT2D eigenvalue weighted by atomic mass is 16.6. The molecular weight excluding hydrogens is 360 g/mol. The molecule has 0 spiro atoms. The van der Waals surface area contributed by atoms with Crippen molar-refractivity contribution in [3.05, 3.63) is 30.1 Å². The summed E-state index contributed by atoms with van der Waals surface area (Å²) in [6, 6.07) is 3.28. The average Bonchev–Trinajstić information content (AvgIpc) is 2.68. The van der Waals surface area contributed by atoms with Crippen LogP contribution >= 0.6 is 0 Å². The molecule has 0 fully saturated rings. The Kier molecular flexibility index (Phi) is 12.1. The molecule has 28 heavy (non-hydrogen) atoms. The van der Waals surface area contributed by atoms with Crippen molar-refractivity contribution >= 4 is 11.9 Å². The van der Waals surface area contributed by atoms with Gasteiger partial charge in [0.05, 0.1) is 0 Å². The molecule has 0 aromatic carbocycles. The number of aromatic nitrogens is 1. The molecule has 1 aromatic heterocycles. The molecule has 3 N–H and O–H groups in total. The van der Waals surface area contributed by atoms with E-state index >= 15 is 0 Å². The van der Waals surface area contributed by atoms with Crippen molar-refractivity contribution < 1.29 is 28.7 Å². The van der Waals surface area contributed by atoms with E-state index in [-0.39, 0.29) is 19.1 Å². The minimum atomic E-state index is -0.899. The van der Waals surface area contributed by atoms with Crippen LogP contribution in [-0.4, -0.2) is 42.9 Å². The van der Waals surface area contributed by atoms with Crippen LogP contribution in [0.1, 0.15) is 68.6 Å². The largest absolute Gasteiger partial charge is 0.463 e. The molecule has 0 radical (unpaired) electrons. The molecule has 1 aromatic rings. The van der Waals surface area contributed by atoms with E-state index < -0.39 is 18.1 Å². The lowest BCUT2D eigenvalue weighted by Gasteiger charge is -2.19. The van der Waals surface area contributed by atoms with Gasteiger partial charge in [-0.2, -0.15) is 0 Å². The molecular formula is C21H35N2O5+. The van der Waals surface area contributed by atoms with E-state index in [1.165, 1.54) is 32.8 Å². The molecule has 0 aliphatic carbocycles. The summed E-state index contributed by atoms with van der Waals surface area (Å²) in [6.07, 6.45) is 10.1. The van der Waals surface area contributed by atoms with Crippen LogP contribution in [0.4, 0.5) is 0 Å². The van der Waals surface area contributed by atoms with Gasteiger partial charge in [-0.15, -0.1) is 0 Å². The molecule has 7 heteroatoms. The molecule has 2 atom stereocenters. The molecule has 0 saturated carbocycles. The molecule has 1 amide bonds. The lowest BCUT2D eigenvalue weighted by molar-refractivity contribution is -0.705. The Balaban J connectivity index is 2.31. The number of carbonyl (C=O) groups excluding carboxylic acids is 2. The van der Waals surface area contributed by atoms with Crippen LogP contribution in [0, 0.1) is 0 Å². The number of methoxy groups -OCH3 is 1. The Morgan fingerprint density at radius 3 is 2.50 bits per heavy atom. The number of esters is 1. The highest BCUT2D eigenvalue weighted by Crippen LogP contribution is 2.09. The number of nitrogens with zero attached hydrogens (tertiary/aromatic N) is 1. The van der Waals surface area contributed by atoms with Crippen LogP contribution in [0.2, 0.25) is 0 Å².